The van der Waals surface area contributed by atoms with Gasteiger partial charge in [-0.2, -0.15) is 0 Å². The lowest BCUT2D eigenvalue weighted by Gasteiger charge is -2.21. The number of phosphoric acid groups is 2. The number of carbonyl (C=O) groups is 4. The molecule has 0 aromatic carbocycles. The zero-order valence-corrected chi connectivity index (χ0v) is 64.1. The molecule has 0 rings (SSSR count). The highest BCUT2D eigenvalue weighted by Gasteiger charge is 2.30. The maximum Gasteiger partial charge on any atom is 0.472 e. The molecule has 0 aromatic rings. The third-order valence-electron chi connectivity index (χ3n) is 17.9. The van der Waals surface area contributed by atoms with Gasteiger partial charge in [0.25, 0.3) is 0 Å². The molecular weight excluding hydrogens is 1250 g/mol. The van der Waals surface area contributed by atoms with Gasteiger partial charge in [0.05, 0.1) is 26.4 Å². The molecule has 0 saturated heterocycles. The van der Waals surface area contributed by atoms with E-state index >= 15 is 0 Å². The zero-order chi connectivity index (χ0) is 70.3. The molecule has 17 nitrogen and oxygen atoms in total. The molecule has 0 heterocycles. The average Bonchev–Trinajstić information content (AvgIpc) is 3.47. The van der Waals surface area contributed by atoms with Crippen molar-refractivity contribution in [3.63, 3.8) is 0 Å². The SMILES string of the molecule is CCC(C)CCCCCCCCC(=O)OC[C@H](COP(=O)(O)OC[C@H](O)COP(=O)(O)OC[C@@H](COC(=O)CCCCCCCCCCCCCCCCCCC(C)C)OC(=O)CCCCCCCCCC(C)C)OC(=O)CCCCCCCCCCCCCCCC(C)C. The van der Waals surface area contributed by atoms with Gasteiger partial charge in [-0.25, -0.2) is 9.13 Å². The van der Waals surface area contributed by atoms with Crippen LogP contribution in [0.25, 0.3) is 0 Å². The number of aliphatic hydroxyl groups excluding tert-OH is 1. The van der Waals surface area contributed by atoms with E-state index in [1.54, 1.807) is 0 Å². The summed E-state index contributed by atoms with van der Waals surface area (Å²) in [5, 5.41) is 10.6. The topological polar surface area (TPSA) is 237 Å². The van der Waals surface area contributed by atoms with E-state index in [2.05, 4.69) is 55.4 Å². The minimum atomic E-state index is -4.96. The Hall–Kier alpha value is -1.94. The summed E-state index contributed by atoms with van der Waals surface area (Å²) >= 11 is 0. The monoisotopic (exact) mass is 1400 g/mol. The van der Waals surface area contributed by atoms with Crippen LogP contribution in [0.3, 0.4) is 0 Å². The van der Waals surface area contributed by atoms with Crippen molar-refractivity contribution < 1.29 is 80.2 Å². The van der Waals surface area contributed by atoms with Gasteiger partial charge in [0.15, 0.2) is 12.2 Å². The summed E-state index contributed by atoms with van der Waals surface area (Å²) in [5.74, 6) is 0.901. The van der Waals surface area contributed by atoms with Crippen molar-refractivity contribution in [3.8, 4) is 0 Å². The van der Waals surface area contributed by atoms with Gasteiger partial charge < -0.3 is 33.8 Å². The summed E-state index contributed by atoms with van der Waals surface area (Å²) in [5.41, 5.74) is 0. The molecule has 6 atom stereocenters. The standard InChI is InChI=1S/C76H148O17P2/c1-9-69(8)55-47-39-34-35-41-49-57-74(79)87-63-72(92-75(80)58-50-42-32-26-22-18-14-16-20-24-29-37-45-53-67(4)5)65-91-95(84,85)89-61-70(77)60-88-94(82,83)90-64-71(93-76(81)59-51-43-33-27-30-38-46-54-68(6)7)62-86-73(78)56-48-40-31-25-21-17-13-11-10-12-15-19-23-28-36-44-52-66(2)3/h66-72,77H,9-65H2,1-8H3,(H,82,83)(H,84,85)/t69?,70-,71-,72-/m1/s1. The van der Waals surface area contributed by atoms with Crippen LogP contribution in [-0.4, -0.2) is 96.7 Å². The quantitative estimate of drug-likeness (QED) is 0.0222. The minimum absolute atomic E-state index is 0.103. The Bertz CT molecular complexity index is 1870. The fourth-order valence-electron chi connectivity index (χ4n) is 11.5. The van der Waals surface area contributed by atoms with E-state index in [1.165, 1.54) is 180 Å². The van der Waals surface area contributed by atoms with Crippen LogP contribution >= 0.6 is 15.6 Å². The number of hydrogen-bond donors (Lipinski definition) is 3. The number of rotatable bonds is 73. The highest BCUT2D eigenvalue weighted by molar-refractivity contribution is 7.47. The Morgan fingerprint density at radius 2 is 0.505 bits per heavy atom. The van der Waals surface area contributed by atoms with Crippen molar-refractivity contribution in [2.24, 2.45) is 23.7 Å². The van der Waals surface area contributed by atoms with Crippen molar-refractivity contribution in [1.82, 2.24) is 0 Å². The highest BCUT2D eigenvalue weighted by atomic mass is 31.2. The second kappa shape index (κ2) is 65.4. The molecule has 0 fully saturated rings. The van der Waals surface area contributed by atoms with Crippen LogP contribution in [0.5, 0.6) is 0 Å². The summed E-state index contributed by atoms with van der Waals surface area (Å²) < 4.78 is 68.5. The summed E-state index contributed by atoms with van der Waals surface area (Å²) in [6.45, 7) is 14.1. The van der Waals surface area contributed by atoms with Gasteiger partial charge in [0, 0.05) is 25.7 Å². The van der Waals surface area contributed by atoms with E-state index in [0.717, 1.165) is 114 Å². The lowest BCUT2D eigenvalue weighted by Crippen LogP contribution is -2.30. The molecule has 0 aliphatic rings. The van der Waals surface area contributed by atoms with E-state index in [4.69, 9.17) is 37.0 Å². The number of carbonyl (C=O) groups excluding carboxylic acids is 4. The van der Waals surface area contributed by atoms with Crippen LogP contribution in [0.2, 0.25) is 0 Å². The van der Waals surface area contributed by atoms with Gasteiger partial charge in [0.1, 0.15) is 19.3 Å². The van der Waals surface area contributed by atoms with Crippen LogP contribution < -0.4 is 0 Å². The largest absolute Gasteiger partial charge is 0.472 e. The molecule has 19 heteroatoms. The number of aliphatic hydroxyl groups is 1. The lowest BCUT2D eigenvalue weighted by atomic mass is 10.00. The summed E-state index contributed by atoms with van der Waals surface area (Å²) in [7, 11) is -9.91. The fraction of sp³-hybridized carbons (Fsp3) is 0.947. The first-order chi connectivity index (χ1) is 45.6. The third kappa shape index (κ3) is 69.0. The Balaban J connectivity index is 5.18. The second-order valence-corrected chi connectivity index (χ2v) is 32.0. The van der Waals surface area contributed by atoms with Crippen molar-refractivity contribution >= 4 is 39.5 Å². The van der Waals surface area contributed by atoms with Gasteiger partial charge in [-0.1, -0.05) is 331 Å². The molecule has 0 aliphatic heterocycles. The molecular formula is C76H148O17P2. The molecule has 0 aliphatic carbocycles. The molecule has 95 heavy (non-hydrogen) atoms. The van der Waals surface area contributed by atoms with Crippen LogP contribution in [0.4, 0.5) is 0 Å². The molecule has 0 aromatic heterocycles. The first-order valence-electron chi connectivity index (χ1n) is 39.2. The summed E-state index contributed by atoms with van der Waals surface area (Å²) in [6.07, 6.45) is 50.2. The maximum atomic E-state index is 13.1. The fourth-order valence-corrected chi connectivity index (χ4v) is 13.1. The predicted molar refractivity (Wildman–Crippen MR) is 386 cm³/mol. The Labute approximate surface area is 581 Å². The van der Waals surface area contributed by atoms with E-state index < -0.39 is 97.5 Å². The third-order valence-corrected chi connectivity index (χ3v) is 19.8. The first kappa shape index (κ1) is 93.1. The number of unbranched alkanes of at least 4 members (excludes halogenated alkanes) is 38. The van der Waals surface area contributed by atoms with Crippen LogP contribution in [0.15, 0.2) is 0 Å². The van der Waals surface area contributed by atoms with E-state index in [1.807, 2.05) is 0 Å². The van der Waals surface area contributed by atoms with Gasteiger partial charge in [0.2, 0.25) is 0 Å². The number of esters is 4. The normalized spacial score (nSPS) is 14.4. The second-order valence-electron chi connectivity index (χ2n) is 29.1. The zero-order valence-electron chi connectivity index (χ0n) is 62.3. The van der Waals surface area contributed by atoms with Crippen LogP contribution in [0.1, 0.15) is 383 Å². The van der Waals surface area contributed by atoms with Crippen LogP contribution in [-0.2, 0) is 65.4 Å². The molecule has 0 bridgehead atoms. The average molecular weight is 1400 g/mol. The Kier molecular flexibility index (Phi) is 64.0. The molecule has 0 saturated carbocycles. The molecule has 564 valence electrons. The molecule has 0 radical (unpaired) electrons. The van der Waals surface area contributed by atoms with Crippen molar-refractivity contribution in [3.05, 3.63) is 0 Å². The van der Waals surface area contributed by atoms with E-state index in [9.17, 15) is 43.2 Å². The number of ether oxygens (including phenoxy) is 4. The van der Waals surface area contributed by atoms with Crippen molar-refractivity contribution in [2.75, 3.05) is 39.6 Å². The van der Waals surface area contributed by atoms with Gasteiger partial charge in [-0.15, -0.1) is 0 Å². The maximum absolute atomic E-state index is 13.1. The number of hydrogen-bond acceptors (Lipinski definition) is 15. The van der Waals surface area contributed by atoms with E-state index in [-0.39, 0.29) is 25.7 Å². The number of phosphoric ester groups is 2. The Morgan fingerprint density at radius 1 is 0.295 bits per heavy atom. The predicted octanol–water partition coefficient (Wildman–Crippen LogP) is 22.0. The van der Waals surface area contributed by atoms with Crippen molar-refractivity contribution in [1.29, 1.82) is 0 Å². The smallest absolute Gasteiger partial charge is 0.462 e. The Morgan fingerprint density at radius 3 is 0.747 bits per heavy atom. The van der Waals surface area contributed by atoms with Crippen LogP contribution in [0, 0.1) is 23.7 Å². The highest BCUT2D eigenvalue weighted by Crippen LogP contribution is 2.45. The van der Waals surface area contributed by atoms with Gasteiger partial charge in [-0.3, -0.25) is 37.3 Å². The molecule has 3 unspecified atom stereocenters. The van der Waals surface area contributed by atoms with Gasteiger partial charge in [-0.05, 0) is 49.4 Å². The molecule has 3 N–H and O–H groups in total. The summed E-state index contributed by atoms with van der Waals surface area (Å²) in [4.78, 5) is 72.7. The molecule has 0 amide bonds. The molecule has 0 spiro atoms. The summed E-state index contributed by atoms with van der Waals surface area (Å²) in [6, 6.07) is 0. The minimum Gasteiger partial charge on any atom is -0.462 e. The van der Waals surface area contributed by atoms with E-state index in [0.29, 0.717) is 31.6 Å². The lowest BCUT2D eigenvalue weighted by molar-refractivity contribution is -0.161. The first-order valence-corrected chi connectivity index (χ1v) is 42.2. The van der Waals surface area contributed by atoms with Crippen molar-refractivity contribution in [2.45, 2.75) is 401 Å². The van der Waals surface area contributed by atoms with Gasteiger partial charge >= 0.3 is 39.5 Å².